The van der Waals surface area contributed by atoms with Crippen LogP contribution in [0.2, 0.25) is 0 Å². The lowest BCUT2D eigenvalue weighted by molar-refractivity contribution is 0.00442. The van der Waals surface area contributed by atoms with Crippen molar-refractivity contribution in [2.45, 2.75) is 19.6 Å². The molecule has 1 fully saturated rings. The summed E-state index contributed by atoms with van der Waals surface area (Å²) in [6, 6.07) is 11.4. The van der Waals surface area contributed by atoms with Gasteiger partial charge in [-0.1, -0.05) is 0 Å². The van der Waals surface area contributed by atoms with E-state index in [-0.39, 0.29) is 5.78 Å². The molecule has 1 aliphatic heterocycles. The third-order valence-corrected chi connectivity index (χ3v) is 4.61. The molecular weight excluding hydrogens is 332 g/mol. The molecule has 0 radical (unpaired) electrons. The highest BCUT2D eigenvalue weighted by Crippen LogP contribution is 2.18. The van der Waals surface area contributed by atoms with Crippen LogP contribution in [0.15, 0.2) is 47.1 Å². The zero-order valence-corrected chi connectivity index (χ0v) is 15.1. The minimum absolute atomic E-state index is 0.0876. The largest absolute Gasteiger partial charge is 0.467 e. The Morgan fingerprint density at radius 2 is 1.92 bits per heavy atom. The number of hydrogen-bond donors (Lipinski definition) is 1. The second kappa shape index (κ2) is 8.98. The summed E-state index contributed by atoms with van der Waals surface area (Å²) in [5.41, 5.74) is 1.88. The summed E-state index contributed by atoms with van der Waals surface area (Å²) in [5, 5.41) is 10.2. The van der Waals surface area contributed by atoms with Gasteiger partial charge in [0.2, 0.25) is 0 Å². The summed E-state index contributed by atoms with van der Waals surface area (Å²) in [5.74, 6) is 0.853. The van der Waals surface area contributed by atoms with Crippen LogP contribution in [0.1, 0.15) is 23.0 Å². The molecule has 2 heterocycles. The Morgan fingerprint density at radius 3 is 2.54 bits per heavy atom. The van der Waals surface area contributed by atoms with Gasteiger partial charge in [0.25, 0.3) is 0 Å². The number of aliphatic hydroxyl groups is 1. The van der Waals surface area contributed by atoms with E-state index >= 15 is 0 Å². The maximum atomic E-state index is 11.4. The molecular formula is C20H26N2O4. The van der Waals surface area contributed by atoms with Crippen LogP contribution in [0.3, 0.4) is 0 Å². The van der Waals surface area contributed by atoms with Gasteiger partial charge in [-0.3, -0.25) is 9.69 Å². The first-order chi connectivity index (χ1) is 12.6. The summed E-state index contributed by atoms with van der Waals surface area (Å²) in [6.07, 6.45) is 1.11. The van der Waals surface area contributed by atoms with Crippen LogP contribution in [0.25, 0.3) is 0 Å². The summed E-state index contributed by atoms with van der Waals surface area (Å²) in [7, 11) is 0. The number of ether oxygens (including phenoxy) is 1. The SMILES string of the molecule is CC(=O)c1ccc(N2CCN(C[C@@H](O)COCc3ccco3)CC2)cc1. The van der Waals surface area contributed by atoms with Gasteiger partial charge in [0.1, 0.15) is 12.4 Å². The maximum Gasteiger partial charge on any atom is 0.159 e. The molecule has 0 aliphatic carbocycles. The summed E-state index contributed by atoms with van der Waals surface area (Å²) < 4.78 is 10.7. The van der Waals surface area contributed by atoms with Crippen LogP contribution in [-0.4, -0.2) is 61.2 Å². The molecule has 6 nitrogen and oxygen atoms in total. The molecule has 3 rings (SSSR count). The third kappa shape index (κ3) is 5.17. The standard InChI is InChI=1S/C20H26N2O4/c1-16(23)17-4-6-18(7-5-17)22-10-8-21(9-11-22)13-19(24)14-25-15-20-3-2-12-26-20/h2-7,12,19,24H,8-11,13-15H2,1H3/t19-/m1/s1. The van der Waals surface area contributed by atoms with E-state index in [9.17, 15) is 9.90 Å². The van der Waals surface area contributed by atoms with Crippen LogP contribution < -0.4 is 4.90 Å². The van der Waals surface area contributed by atoms with Crippen molar-refractivity contribution in [3.63, 3.8) is 0 Å². The smallest absolute Gasteiger partial charge is 0.159 e. The lowest BCUT2D eigenvalue weighted by atomic mass is 10.1. The van der Waals surface area contributed by atoms with E-state index in [4.69, 9.17) is 9.15 Å². The number of aliphatic hydroxyl groups excluding tert-OH is 1. The zero-order chi connectivity index (χ0) is 18.4. The fourth-order valence-corrected chi connectivity index (χ4v) is 3.14. The molecule has 1 saturated heterocycles. The van der Waals surface area contributed by atoms with Gasteiger partial charge in [0.05, 0.1) is 19.0 Å². The van der Waals surface area contributed by atoms with E-state index in [1.807, 2.05) is 36.4 Å². The van der Waals surface area contributed by atoms with Crippen molar-refractivity contribution in [3.8, 4) is 0 Å². The topological polar surface area (TPSA) is 66.2 Å². The van der Waals surface area contributed by atoms with E-state index in [2.05, 4.69) is 9.80 Å². The predicted molar refractivity (Wildman–Crippen MR) is 99.5 cm³/mol. The molecule has 1 atom stereocenters. The number of Topliss-reactive ketones (excluding diaryl/α,β-unsaturated/α-hetero) is 1. The molecule has 6 heteroatoms. The lowest BCUT2D eigenvalue weighted by Gasteiger charge is -2.36. The van der Waals surface area contributed by atoms with Gasteiger partial charge in [-0.15, -0.1) is 0 Å². The number of benzene rings is 1. The zero-order valence-electron chi connectivity index (χ0n) is 15.1. The summed E-state index contributed by atoms with van der Waals surface area (Å²) in [4.78, 5) is 15.9. The van der Waals surface area contributed by atoms with E-state index < -0.39 is 6.10 Å². The first kappa shape index (κ1) is 18.6. The van der Waals surface area contributed by atoms with E-state index in [0.717, 1.165) is 43.2 Å². The van der Waals surface area contributed by atoms with E-state index in [1.165, 1.54) is 0 Å². The molecule has 0 saturated carbocycles. The quantitative estimate of drug-likeness (QED) is 0.730. The Bertz CT molecular complexity index is 676. The molecule has 0 unspecified atom stereocenters. The van der Waals surface area contributed by atoms with Crippen LogP contribution >= 0.6 is 0 Å². The van der Waals surface area contributed by atoms with Crippen molar-refractivity contribution in [3.05, 3.63) is 54.0 Å². The monoisotopic (exact) mass is 358 g/mol. The Morgan fingerprint density at radius 1 is 1.19 bits per heavy atom. The fraction of sp³-hybridized carbons (Fsp3) is 0.450. The van der Waals surface area contributed by atoms with Crippen molar-refractivity contribution < 1.29 is 19.1 Å². The molecule has 1 N–H and O–H groups in total. The van der Waals surface area contributed by atoms with Crippen molar-refractivity contribution in [1.29, 1.82) is 0 Å². The molecule has 2 aromatic rings. The first-order valence-electron chi connectivity index (χ1n) is 8.98. The van der Waals surface area contributed by atoms with Gasteiger partial charge < -0.3 is 19.2 Å². The molecule has 1 aliphatic rings. The number of nitrogens with zero attached hydrogens (tertiary/aromatic N) is 2. The number of rotatable bonds is 8. The number of anilines is 1. The average molecular weight is 358 g/mol. The van der Waals surface area contributed by atoms with E-state index in [0.29, 0.717) is 19.8 Å². The number of hydrogen-bond acceptors (Lipinski definition) is 6. The normalized spacial score (nSPS) is 16.6. The third-order valence-electron chi connectivity index (χ3n) is 4.61. The van der Waals surface area contributed by atoms with Crippen LogP contribution in [-0.2, 0) is 11.3 Å². The Labute approximate surface area is 154 Å². The average Bonchev–Trinajstić information content (AvgIpc) is 3.16. The minimum atomic E-state index is -0.508. The van der Waals surface area contributed by atoms with Crippen LogP contribution in [0.4, 0.5) is 5.69 Å². The highest BCUT2D eigenvalue weighted by Gasteiger charge is 2.19. The van der Waals surface area contributed by atoms with Gasteiger partial charge >= 0.3 is 0 Å². The fourth-order valence-electron chi connectivity index (χ4n) is 3.14. The van der Waals surface area contributed by atoms with Crippen molar-refractivity contribution in [2.24, 2.45) is 0 Å². The Hall–Kier alpha value is -2.15. The second-order valence-corrected chi connectivity index (χ2v) is 6.64. The highest BCUT2D eigenvalue weighted by molar-refractivity contribution is 5.94. The van der Waals surface area contributed by atoms with Gasteiger partial charge in [-0.25, -0.2) is 0 Å². The van der Waals surface area contributed by atoms with Gasteiger partial charge in [0, 0.05) is 44.0 Å². The van der Waals surface area contributed by atoms with Gasteiger partial charge in [-0.05, 0) is 43.3 Å². The molecule has 0 amide bonds. The number of carbonyl (C=O) groups is 1. The molecule has 26 heavy (non-hydrogen) atoms. The predicted octanol–water partition coefficient (Wildman–Crippen LogP) is 2.18. The second-order valence-electron chi connectivity index (χ2n) is 6.64. The van der Waals surface area contributed by atoms with Gasteiger partial charge in [-0.2, -0.15) is 0 Å². The maximum absolute atomic E-state index is 11.4. The Kier molecular flexibility index (Phi) is 6.44. The molecule has 0 spiro atoms. The van der Waals surface area contributed by atoms with Crippen molar-refractivity contribution >= 4 is 11.5 Å². The first-order valence-corrected chi connectivity index (χ1v) is 8.98. The van der Waals surface area contributed by atoms with Crippen LogP contribution in [0.5, 0.6) is 0 Å². The number of furan rings is 1. The number of piperazine rings is 1. The number of carbonyl (C=O) groups excluding carboxylic acids is 1. The molecule has 140 valence electrons. The highest BCUT2D eigenvalue weighted by atomic mass is 16.5. The number of β-amino-alcohol motifs (C(OH)–C–C–N with tert-alkyl or cyclic N) is 1. The number of ketones is 1. The van der Waals surface area contributed by atoms with Crippen molar-refractivity contribution in [1.82, 2.24) is 4.90 Å². The molecule has 0 bridgehead atoms. The summed E-state index contributed by atoms with van der Waals surface area (Å²) in [6.45, 7) is 6.46. The molecule has 1 aromatic carbocycles. The van der Waals surface area contributed by atoms with Crippen LogP contribution in [0, 0.1) is 0 Å². The summed E-state index contributed by atoms with van der Waals surface area (Å²) >= 11 is 0. The van der Waals surface area contributed by atoms with Crippen molar-refractivity contribution in [2.75, 3.05) is 44.2 Å². The molecule has 1 aromatic heterocycles. The van der Waals surface area contributed by atoms with E-state index in [1.54, 1.807) is 13.2 Å². The Balaban J connectivity index is 1.38. The minimum Gasteiger partial charge on any atom is -0.467 e. The van der Waals surface area contributed by atoms with Gasteiger partial charge in [0.15, 0.2) is 5.78 Å². The lowest BCUT2D eigenvalue weighted by Crippen LogP contribution is -2.49.